The lowest BCUT2D eigenvalue weighted by molar-refractivity contribution is -0.130. The Morgan fingerprint density at radius 2 is 1.78 bits per heavy atom. The first kappa shape index (κ1) is 19.5. The molecule has 1 aromatic rings. The van der Waals surface area contributed by atoms with Crippen LogP contribution in [0.25, 0.3) is 0 Å². The van der Waals surface area contributed by atoms with E-state index in [1.807, 2.05) is 29.2 Å². The molecule has 2 amide bonds. The summed E-state index contributed by atoms with van der Waals surface area (Å²) >= 11 is 0. The van der Waals surface area contributed by atoms with Gasteiger partial charge in [-0.25, -0.2) is 0 Å². The number of likely N-dealkylation sites (tertiary alicyclic amines) is 1. The van der Waals surface area contributed by atoms with Crippen molar-refractivity contribution in [3.8, 4) is 11.5 Å². The van der Waals surface area contributed by atoms with Crippen LogP contribution in [0.15, 0.2) is 24.3 Å². The Kier molecular flexibility index (Phi) is 6.96. The summed E-state index contributed by atoms with van der Waals surface area (Å²) in [5.41, 5.74) is 0. The number of benzene rings is 1. The van der Waals surface area contributed by atoms with Crippen LogP contribution in [0.3, 0.4) is 0 Å². The number of carbonyl (C=O) groups excluding carboxylic acids is 2. The molecule has 1 saturated carbocycles. The largest absolute Gasteiger partial charge is 0.497 e. The van der Waals surface area contributed by atoms with Crippen molar-refractivity contribution in [3.05, 3.63) is 24.3 Å². The van der Waals surface area contributed by atoms with Crippen molar-refractivity contribution >= 4 is 11.8 Å². The fraction of sp³-hybridized carbons (Fsp3) is 0.619. The zero-order valence-electron chi connectivity index (χ0n) is 16.1. The third-order valence-corrected chi connectivity index (χ3v) is 5.52. The highest BCUT2D eigenvalue weighted by atomic mass is 16.5. The number of nitrogens with one attached hydrogen (secondary N) is 1. The lowest BCUT2D eigenvalue weighted by atomic mass is 10.1. The first-order chi connectivity index (χ1) is 13.2. The summed E-state index contributed by atoms with van der Waals surface area (Å²) in [7, 11) is 1.62. The molecule has 0 radical (unpaired) electrons. The van der Waals surface area contributed by atoms with Gasteiger partial charge >= 0.3 is 0 Å². The molecule has 1 heterocycles. The van der Waals surface area contributed by atoms with Gasteiger partial charge in [0.05, 0.1) is 19.6 Å². The highest BCUT2D eigenvalue weighted by Crippen LogP contribution is 2.28. The summed E-state index contributed by atoms with van der Waals surface area (Å²) in [5.74, 6) is 1.37. The third-order valence-electron chi connectivity index (χ3n) is 5.52. The molecule has 27 heavy (non-hydrogen) atoms. The van der Waals surface area contributed by atoms with Crippen LogP contribution in [-0.2, 0) is 9.59 Å². The van der Waals surface area contributed by atoms with Gasteiger partial charge in [0.25, 0.3) is 0 Å². The molecule has 0 aromatic heterocycles. The lowest BCUT2D eigenvalue weighted by Gasteiger charge is -2.27. The quantitative estimate of drug-likeness (QED) is 0.589. The molecule has 148 valence electrons. The highest BCUT2D eigenvalue weighted by Gasteiger charge is 2.37. The van der Waals surface area contributed by atoms with Crippen molar-refractivity contribution in [2.45, 2.75) is 51.0 Å². The van der Waals surface area contributed by atoms with E-state index in [9.17, 15) is 9.59 Å². The van der Waals surface area contributed by atoms with Crippen LogP contribution in [0.4, 0.5) is 0 Å². The molecule has 2 aliphatic rings. The minimum Gasteiger partial charge on any atom is -0.497 e. The van der Waals surface area contributed by atoms with Gasteiger partial charge in [0, 0.05) is 19.0 Å². The summed E-state index contributed by atoms with van der Waals surface area (Å²) in [4.78, 5) is 26.8. The van der Waals surface area contributed by atoms with Gasteiger partial charge in [0.15, 0.2) is 0 Å². The van der Waals surface area contributed by atoms with Crippen LogP contribution in [0.1, 0.15) is 44.9 Å². The maximum Gasteiger partial charge on any atom is 0.225 e. The van der Waals surface area contributed by atoms with Gasteiger partial charge in [-0.1, -0.05) is 25.7 Å². The number of hydrogen-bond donors (Lipinski definition) is 1. The Bertz CT molecular complexity index is 624. The van der Waals surface area contributed by atoms with Crippen molar-refractivity contribution in [3.63, 3.8) is 0 Å². The predicted molar refractivity (Wildman–Crippen MR) is 103 cm³/mol. The first-order valence-electron chi connectivity index (χ1n) is 10.0. The SMILES string of the molecule is COc1ccc(OCCNC(=O)C2CC(=O)N(C3CCCCCC3)C2)cc1. The van der Waals surface area contributed by atoms with Gasteiger partial charge in [0.2, 0.25) is 11.8 Å². The van der Waals surface area contributed by atoms with Crippen LogP contribution in [-0.4, -0.2) is 49.6 Å². The molecular formula is C21H30N2O4. The molecule has 0 bridgehead atoms. The van der Waals surface area contributed by atoms with Gasteiger partial charge < -0.3 is 19.7 Å². The molecule has 6 nitrogen and oxygen atoms in total. The lowest BCUT2D eigenvalue weighted by Crippen LogP contribution is -2.38. The van der Waals surface area contributed by atoms with E-state index in [1.54, 1.807) is 7.11 Å². The van der Waals surface area contributed by atoms with E-state index in [0.717, 1.165) is 24.3 Å². The summed E-state index contributed by atoms with van der Waals surface area (Å²) in [6, 6.07) is 7.67. The zero-order valence-corrected chi connectivity index (χ0v) is 16.1. The van der Waals surface area contributed by atoms with E-state index >= 15 is 0 Å². The zero-order chi connectivity index (χ0) is 19.1. The van der Waals surface area contributed by atoms with Gasteiger partial charge in [-0.2, -0.15) is 0 Å². The van der Waals surface area contributed by atoms with Crippen LogP contribution >= 0.6 is 0 Å². The van der Waals surface area contributed by atoms with Crippen LogP contribution in [0.2, 0.25) is 0 Å². The fourth-order valence-corrected chi connectivity index (χ4v) is 3.99. The Labute approximate surface area is 161 Å². The van der Waals surface area contributed by atoms with Gasteiger partial charge in [-0.3, -0.25) is 9.59 Å². The smallest absolute Gasteiger partial charge is 0.225 e. The highest BCUT2D eigenvalue weighted by molar-refractivity contribution is 5.89. The molecule has 2 fully saturated rings. The maximum atomic E-state index is 12.4. The topological polar surface area (TPSA) is 67.9 Å². The van der Waals surface area contributed by atoms with Crippen molar-refractivity contribution in [2.75, 3.05) is 26.8 Å². The molecule has 3 rings (SSSR count). The number of rotatable bonds is 7. The van der Waals surface area contributed by atoms with Crippen molar-refractivity contribution in [1.29, 1.82) is 0 Å². The number of methoxy groups -OCH3 is 1. The molecular weight excluding hydrogens is 344 g/mol. The van der Waals surface area contributed by atoms with E-state index in [4.69, 9.17) is 9.47 Å². The van der Waals surface area contributed by atoms with E-state index in [2.05, 4.69) is 5.32 Å². The van der Waals surface area contributed by atoms with Crippen LogP contribution in [0, 0.1) is 5.92 Å². The second kappa shape index (κ2) is 9.62. The van der Waals surface area contributed by atoms with Crippen molar-refractivity contribution < 1.29 is 19.1 Å². The number of carbonyl (C=O) groups is 2. The Hall–Kier alpha value is -2.24. The van der Waals surface area contributed by atoms with Gasteiger partial charge in [0.1, 0.15) is 18.1 Å². The molecule has 1 atom stereocenters. The van der Waals surface area contributed by atoms with E-state index in [-0.39, 0.29) is 17.7 Å². The van der Waals surface area contributed by atoms with Gasteiger partial charge in [-0.05, 0) is 37.1 Å². The molecule has 1 aliphatic heterocycles. The average Bonchev–Trinajstić information content (AvgIpc) is 2.90. The molecule has 1 aliphatic carbocycles. The second-order valence-corrected chi connectivity index (χ2v) is 7.41. The molecule has 1 unspecified atom stereocenters. The second-order valence-electron chi connectivity index (χ2n) is 7.41. The van der Waals surface area contributed by atoms with Crippen LogP contribution < -0.4 is 14.8 Å². The first-order valence-corrected chi connectivity index (χ1v) is 10.0. The summed E-state index contributed by atoms with van der Waals surface area (Å²) < 4.78 is 10.7. The number of nitrogens with zero attached hydrogens (tertiary/aromatic N) is 1. The van der Waals surface area contributed by atoms with E-state index in [1.165, 1.54) is 25.7 Å². The Morgan fingerprint density at radius 1 is 1.11 bits per heavy atom. The predicted octanol–water partition coefficient (Wildman–Crippen LogP) is 2.76. The summed E-state index contributed by atoms with van der Waals surface area (Å²) in [6.07, 6.45) is 7.39. The van der Waals surface area contributed by atoms with Crippen LogP contribution in [0.5, 0.6) is 11.5 Å². The Morgan fingerprint density at radius 3 is 2.44 bits per heavy atom. The number of amides is 2. The van der Waals surface area contributed by atoms with Gasteiger partial charge in [-0.15, -0.1) is 0 Å². The van der Waals surface area contributed by atoms with E-state index < -0.39 is 0 Å². The number of ether oxygens (including phenoxy) is 2. The van der Waals surface area contributed by atoms with Crippen molar-refractivity contribution in [2.24, 2.45) is 5.92 Å². The molecule has 1 N–H and O–H groups in total. The van der Waals surface area contributed by atoms with Crippen molar-refractivity contribution in [1.82, 2.24) is 10.2 Å². The van der Waals surface area contributed by atoms with E-state index in [0.29, 0.717) is 32.2 Å². The fourth-order valence-electron chi connectivity index (χ4n) is 3.99. The molecule has 6 heteroatoms. The normalized spacial score (nSPS) is 21.0. The standard InChI is InChI=1S/C21H30N2O4/c1-26-18-8-10-19(11-9-18)27-13-12-22-21(25)16-14-20(24)23(15-16)17-6-4-2-3-5-7-17/h8-11,16-17H,2-7,12-15H2,1H3,(H,22,25). The minimum absolute atomic E-state index is 0.0437. The molecule has 0 spiro atoms. The number of hydrogen-bond acceptors (Lipinski definition) is 4. The monoisotopic (exact) mass is 374 g/mol. The third kappa shape index (κ3) is 5.37. The average molecular weight is 374 g/mol. The summed E-state index contributed by atoms with van der Waals surface area (Å²) in [5, 5.41) is 2.91. The molecule has 1 aromatic carbocycles. The maximum absolute atomic E-state index is 12.4. The minimum atomic E-state index is -0.235. The Balaban J connectivity index is 1.39. The molecule has 1 saturated heterocycles. The summed E-state index contributed by atoms with van der Waals surface area (Å²) in [6.45, 7) is 1.39.